The van der Waals surface area contributed by atoms with Crippen LogP contribution in [-0.2, 0) is 0 Å². The highest BCUT2D eigenvalue weighted by atomic mass is 19.2. The predicted octanol–water partition coefficient (Wildman–Crippen LogP) is 2.12. The third kappa shape index (κ3) is 2.20. The van der Waals surface area contributed by atoms with Gasteiger partial charge in [-0.2, -0.15) is 0 Å². The molecule has 0 aromatic heterocycles. The number of nitrogens with two attached hydrogens (primary N) is 1. The molecule has 90 valence electrons. The number of hydrogen-bond acceptors (Lipinski definition) is 2. The van der Waals surface area contributed by atoms with Crippen molar-refractivity contribution >= 4 is 0 Å². The van der Waals surface area contributed by atoms with Crippen LogP contribution in [0.1, 0.15) is 25.5 Å². The first-order chi connectivity index (χ1) is 7.31. The maximum Gasteiger partial charge on any atom is 0.194 e. The molecule has 0 heterocycles. The van der Waals surface area contributed by atoms with Gasteiger partial charge in [0.2, 0.25) is 0 Å². The number of benzene rings is 1. The Labute approximate surface area is 91.9 Å². The van der Waals surface area contributed by atoms with Crippen LogP contribution in [0.4, 0.5) is 13.2 Å². The molecule has 2 nitrogen and oxygen atoms in total. The molecule has 0 aliphatic carbocycles. The van der Waals surface area contributed by atoms with E-state index in [1.807, 2.05) is 0 Å². The second-order valence-electron chi connectivity index (χ2n) is 4.39. The lowest BCUT2D eigenvalue weighted by Crippen LogP contribution is -2.33. The van der Waals surface area contributed by atoms with Gasteiger partial charge in [0.05, 0.1) is 0 Å². The number of hydrogen-bond donors (Lipinski definition) is 2. The van der Waals surface area contributed by atoms with E-state index in [9.17, 15) is 13.2 Å². The van der Waals surface area contributed by atoms with E-state index in [4.69, 9.17) is 10.8 Å². The van der Waals surface area contributed by atoms with E-state index in [2.05, 4.69) is 0 Å². The molecule has 0 spiro atoms. The van der Waals surface area contributed by atoms with Crippen molar-refractivity contribution in [2.45, 2.75) is 19.9 Å². The van der Waals surface area contributed by atoms with Crippen LogP contribution in [0, 0.1) is 22.9 Å². The molecule has 0 unspecified atom stereocenters. The van der Waals surface area contributed by atoms with Crippen molar-refractivity contribution in [2.24, 2.45) is 11.1 Å². The number of aliphatic hydroxyl groups is 1. The first-order valence-electron chi connectivity index (χ1n) is 4.81. The molecule has 3 N–H and O–H groups in total. The molecule has 1 aromatic rings. The summed E-state index contributed by atoms with van der Waals surface area (Å²) in [6.07, 6.45) is 0. The van der Waals surface area contributed by atoms with Gasteiger partial charge in [0, 0.05) is 23.6 Å². The van der Waals surface area contributed by atoms with Crippen LogP contribution in [0.25, 0.3) is 0 Å². The van der Waals surface area contributed by atoms with E-state index in [0.717, 1.165) is 12.1 Å². The van der Waals surface area contributed by atoms with Crippen LogP contribution in [0.2, 0.25) is 0 Å². The van der Waals surface area contributed by atoms with Gasteiger partial charge in [0.25, 0.3) is 0 Å². The molecule has 5 heteroatoms. The molecular formula is C11H14F3NO. The quantitative estimate of drug-likeness (QED) is 0.785. The molecule has 0 bridgehead atoms. The van der Waals surface area contributed by atoms with Gasteiger partial charge in [0.15, 0.2) is 17.5 Å². The standard InChI is InChI=1S/C11H14F3NO/c1-11(2,5-16)10(15)6-3-4-7(12)9(14)8(6)13/h3-4,10,16H,5,15H2,1-2H3/t10-/m0/s1. The third-order valence-corrected chi connectivity index (χ3v) is 2.65. The zero-order chi connectivity index (χ0) is 12.5. The minimum Gasteiger partial charge on any atom is -0.396 e. The Hall–Kier alpha value is -1.07. The van der Waals surface area contributed by atoms with Gasteiger partial charge in [-0.25, -0.2) is 13.2 Å². The van der Waals surface area contributed by atoms with Crippen molar-refractivity contribution in [1.29, 1.82) is 0 Å². The molecule has 0 saturated heterocycles. The summed E-state index contributed by atoms with van der Waals surface area (Å²) in [6, 6.07) is 1.00. The lowest BCUT2D eigenvalue weighted by atomic mass is 9.81. The molecule has 1 atom stereocenters. The molecule has 0 saturated carbocycles. The fraction of sp³-hybridized carbons (Fsp3) is 0.455. The molecule has 0 radical (unpaired) electrons. The summed E-state index contributed by atoms with van der Waals surface area (Å²) in [7, 11) is 0. The van der Waals surface area contributed by atoms with Gasteiger partial charge < -0.3 is 10.8 Å². The smallest absolute Gasteiger partial charge is 0.194 e. The summed E-state index contributed by atoms with van der Waals surface area (Å²) in [6.45, 7) is 2.93. The Bertz CT molecular complexity index is 393. The van der Waals surface area contributed by atoms with Gasteiger partial charge in [-0.1, -0.05) is 19.9 Å². The van der Waals surface area contributed by atoms with E-state index in [0.29, 0.717) is 0 Å². The SMILES string of the molecule is CC(C)(CO)[C@@H](N)c1ccc(F)c(F)c1F. The highest BCUT2D eigenvalue weighted by molar-refractivity contribution is 5.24. The first kappa shape index (κ1) is 13.0. The molecule has 0 amide bonds. The minimum absolute atomic E-state index is 0.141. The van der Waals surface area contributed by atoms with Crippen LogP contribution in [0.3, 0.4) is 0 Å². The van der Waals surface area contributed by atoms with Gasteiger partial charge in [-0.3, -0.25) is 0 Å². The Morgan fingerprint density at radius 2 is 1.81 bits per heavy atom. The van der Waals surface area contributed by atoms with Crippen LogP contribution in [-0.4, -0.2) is 11.7 Å². The normalized spacial score (nSPS) is 13.9. The number of rotatable bonds is 3. The maximum absolute atomic E-state index is 13.4. The highest BCUT2D eigenvalue weighted by Gasteiger charge is 2.30. The topological polar surface area (TPSA) is 46.2 Å². The molecule has 1 aromatic carbocycles. The largest absolute Gasteiger partial charge is 0.396 e. The van der Waals surface area contributed by atoms with Crippen molar-refractivity contribution in [3.8, 4) is 0 Å². The van der Waals surface area contributed by atoms with Crippen molar-refractivity contribution in [2.75, 3.05) is 6.61 Å². The number of aliphatic hydroxyl groups excluding tert-OH is 1. The zero-order valence-corrected chi connectivity index (χ0v) is 9.10. The zero-order valence-electron chi connectivity index (χ0n) is 9.10. The van der Waals surface area contributed by atoms with Gasteiger partial charge >= 0.3 is 0 Å². The van der Waals surface area contributed by atoms with E-state index in [1.54, 1.807) is 13.8 Å². The van der Waals surface area contributed by atoms with Crippen molar-refractivity contribution in [3.05, 3.63) is 35.1 Å². The van der Waals surface area contributed by atoms with Gasteiger partial charge in [-0.15, -0.1) is 0 Å². The summed E-state index contributed by atoms with van der Waals surface area (Å²) in [4.78, 5) is 0. The molecule has 16 heavy (non-hydrogen) atoms. The van der Waals surface area contributed by atoms with Gasteiger partial charge in [0.1, 0.15) is 0 Å². The summed E-state index contributed by atoms with van der Waals surface area (Å²) in [5.74, 6) is -4.09. The van der Waals surface area contributed by atoms with Crippen LogP contribution in [0.5, 0.6) is 0 Å². The molecule has 0 aliphatic rings. The second-order valence-corrected chi connectivity index (χ2v) is 4.39. The highest BCUT2D eigenvalue weighted by Crippen LogP contribution is 2.33. The Morgan fingerprint density at radius 1 is 1.25 bits per heavy atom. The third-order valence-electron chi connectivity index (χ3n) is 2.65. The average molecular weight is 233 g/mol. The lowest BCUT2D eigenvalue weighted by Gasteiger charge is -2.30. The van der Waals surface area contributed by atoms with Crippen LogP contribution < -0.4 is 5.73 Å². The minimum atomic E-state index is -1.54. The van der Waals surface area contributed by atoms with Crippen LogP contribution >= 0.6 is 0 Å². The summed E-state index contributed by atoms with van der Waals surface area (Å²) in [5, 5.41) is 9.07. The molecular weight excluding hydrogens is 219 g/mol. The van der Waals surface area contributed by atoms with Crippen LogP contribution in [0.15, 0.2) is 12.1 Å². The van der Waals surface area contributed by atoms with E-state index < -0.39 is 28.9 Å². The Kier molecular flexibility index (Phi) is 3.60. The second kappa shape index (κ2) is 4.43. The predicted molar refractivity (Wildman–Crippen MR) is 54.1 cm³/mol. The molecule has 0 fully saturated rings. The van der Waals surface area contributed by atoms with E-state index >= 15 is 0 Å². The van der Waals surface area contributed by atoms with Crippen molar-refractivity contribution < 1.29 is 18.3 Å². The average Bonchev–Trinajstić information content (AvgIpc) is 2.25. The first-order valence-corrected chi connectivity index (χ1v) is 4.81. The fourth-order valence-corrected chi connectivity index (χ4v) is 1.30. The Morgan fingerprint density at radius 3 is 2.31 bits per heavy atom. The monoisotopic (exact) mass is 233 g/mol. The maximum atomic E-state index is 13.4. The summed E-state index contributed by atoms with van der Waals surface area (Å²) in [5.41, 5.74) is 4.76. The fourth-order valence-electron chi connectivity index (χ4n) is 1.30. The van der Waals surface area contributed by atoms with Crippen molar-refractivity contribution in [3.63, 3.8) is 0 Å². The molecule has 1 rings (SSSR count). The molecule has 0 aliphatic heterocycles. The lowest BCUT2D eigenvalue weighted by molar-refractivity contribution is 0.130. The van der Waals surface area contributed by atoms with E-state index in [-0.39, 0.29) is 12.2 Å². The number of halogens is 3. The van der Waals surface area contributed by atoms with Crippen molar-refractivity contribution in [1.82, 2.24) is 0 Å². The van der Waals surface area contributed by atoms with Gasteiger partial charge in [-0.05, 0) is 6.07 Å². The summed E-state index contributed by atoms with van der Waals surface area (Å²) < 4.78 is 39.1. The Balaban J connectivity index is 3.20. The van der Waals surface area contributed by atoms with E-state index in [1.165, 1.54) is 0 Å². The summed E-state index contributed by atoms with van der Waals surface area (Å²) >= 11 is 0.